The largest absolute Gasteiger partial charge is 0.493 e. The maximum absolute atomic E-state index is 11.4. The molecule has 2 aromatic carbocycles. The normalized spacial score (nSPS) is 14.0. The molecule has 0 unspecified atom stereocenters. The fraction of sp³-hybridized carbons (Fsp3) is 0.0526. The van der Waals surface area contributed by atoms with Gasteiger partial charge in [-0.2, -0.15) is 0 Å². The van der Waals surface area contributed by atoms with Gasteiger partial charge in [0, 0.05) is 11.8 Å². The van der Waals surface area contributed by atoms with Crippen molar-refractivity contribution in [3.63, 3.8) is 0 Å². The van der Waals surface area contributed by atoms with Crippen LogP contribution in [0.1, 0.15) is 16.0 Å². The number of fused-ring (bicyclic) bond motifs is 1. The molecule has 0 spiro atoms. The Balaban J connectivity index is 1.67. The zero-order valence-electron chi connectivity index (χ0n) is 13.1. The Bertz CT molecular complexity index is 1030. The summed E-state index contributed by atoms with van der Waals surface area (Å²) in [4.78, 5) is 18.3. The maximum atomic E-state index is 11.4. The molecule has 1 aliphatic heterocycles. The topological polar surface area (TPSA) is 74.7 Å². The van der Waals surface area contributed by atoms with Gasteiger partial charge in [-0.25, -0.2) is 0 Å². The zero-order valence-corrected chi connectivity index (χ0v) is 13.9. The highest BCUT2D eigenvalue weighted by Crippen LogP contribution is 2.40. The van der Waals surface area contributed by atoms with E-state index in [2.05, 4.69) is 9.98 Å². The SMILES string of the molecule is O=c1[nH]c(O)c(C=C2C=Nc3cccc(OCc4ccccc4)c32)s1. The first-order chi connectivity index (χ1) is 12.2. The van der Waals surface area contributed by atoms with E-state index < -0.39 is 0 Å². The van der Waals surface area contributed by atoms with Crippen LogP contribution in [0.15, 0.2) is 58.3 Å². The molecule has 25 heavy (non-hydrogen) atoms. The van der Waals surface area contributed by atoms with Crippen LogP contribution in [0.25, 0.3) is 11.6 Å². The molecule has 1 aliphatic rings. The number of thiazole rings is 1. The van der Waals surface area contributed by atoms with Crippen LogP contribution >= 0.6 is 11.3 Å². The lowest BCUT2D eigenvalue weighted by molar-refractivity contribution is 0.305. The number of allylic oxidation sites excluding steroid dienone is 1. The number of nitrogens with one attached hydrogen (secondary N) is 1. The van der Waals surface area contributed by atoms with Gasteiger partial charge >= 0.3 is 4.87 Å². The number of aromatic hydroxyl groups is 1. The third-order valence-corrected chi connectivity index (χ3v) is 4.63. The Morgan fingerprint density at radius 1 is 1.16 bits per heavy atom. The van der Waals surface area contributed by atoms with Crippen molar-refractivity contribution < 1.29 is 9.84 Å². The molecule has 0 radical (unpaired) electrons. The summed E-state index contributed by atoms with van der Waals surface area (Å²) >= 11 is 0.952. The van der Waals surface area contributed by atoms with E-state index in [1.54, 1.807) is 12.3 Å². The van der Waals surface area contributed by atoms with Gasteiger partial charge in [0.05, 0.1) is 16.1 Å². The molecule has 5 nitrogen and oxygen atoms in total. The maximum Gasteiger partial charge on any atom is 0.307 e. The number of hydrogen-bond acceptors (Lipinski definition) is 5. The second kappa shape index (κ2) is 6.41. The predicted octanol–water partition coefficient (Wildman–Crippen LogP) is 3.98. The molecular weight excluding hydrogens is 336 g/mol. The molecule has 0 saturated carbocycles. The van der Waals surface area contributed by atoms with Crippen LogP contribution in [-0.4, -0.2) is 16.3 Å². The van der Waals surface area contributed by atoms with Gasteiger partial charge in [-0.05, 0) is 23.8 Å². The number of aromatic amines is 1. The summed E-state index contributed by atoms with van der Waals surface area (Å²) < 4.78 is 5.99. The lowest BCUT2D eigenvalue weighted by atomic mass is 10.1. The average Bonchev–Trinajstić information content (AvgIpc) is 3.17. The van der Waals surface area contributed by atoms with Crippen molar-refractivity contribution in [1.29, 1.82) is 0 Å². The van der Waals surface area contributed by atoms with Crippen molar-refractivity contribution in [3.05, 3.63) is 74.2 Å². The molecule has 2 heterocycles. The summed E-state index contributed by atoms with van der Waals surface area (Å²) in [6.45, 7) is 0.452. The standard InChI is InChI=1S/C19H14N2O3S/c22-18-16(25-19(23)21-18)9-13-10-20-14-7-4-8-15(17(13)14)24-11-12-5-2-1-3-6-12/h1-10,22H,11H2,(H,21,23). The van der Waals surface area contributed by atoms with Gasteiger partial charge in [-0.3, -0.25) is 14.8 Å². The van der Waals surface area contributed by atoms with E-state index in [1.165, 1.54) is 0 Å². The van der Waals surface area contributed by atoms with Crippen LogP contribution in [-0.2, 0) is 6.61 Å². The number of benzene rings is 2. The van der Waals surface area contributed by atoms with Gasteiger partial charge in [0.15, 0.2) is 0 Å². The summed E-state index contributed by atoms with van der Waals surface area (Å²) in [5.74, 6) is 0.583. The van der Waals surface area contributed by atoms with Crippen molar-refractivity contribution in [2.75, 3.05) is 0 Å². The van der Waals surface area contributed by atoms with Gasteiger partial charge in [0.25, 0.3) is 0 Å². The van der Waals surface area contributed by atoms with Crippen LogP contribution in [0, 0.1) is 0 Å². The first-order valence-corrected chi connectivity index (χ1v) is 8.50. The lowest BCUT2D eigenvalue weighted by Crippen LogP contribution is -1.97. The molecule has 3 aromatic rings. The summed E-state index contributed by atoms with van der Waals surface area (Å²) in [7, 11) is 0. The minimum absolute atomic E-state index is 0.132. The molecule has 2 N–H and O–H groups in total. The highest BCUT2D eigenvalue weighted by molar-refractivity contribution is 7.10. The van der Waals surface area contributed by atoms with E-state index in [4.69, 9.17) is 4.74 Å². The molecule has 6 heteroatoms. The van der Waals surface area contributed by atoms with Crippen LogP contribution in [0.4, 0.5) is 5.69 Å². The molecule has 0 bridgehead atoms. The Morgan fingerprint density at radius 2 is 2.00 bits per heavy atom. The number of hydrogen-bond donors (Lipinski definition) is 2. The Kier molecular flexibility index (Phi) is 3.95. The summed E-state index contributed by atoms with van der Waals surface area (Å²) in [6.07, 6.45) is 3.45. The van der Waals surface area contributed by atoms with Crippen LogP contribution < -0.4 is 9.61 Å². The van der Waals surface area contributed by atoms with Crippen LogP contribution in [0.3, 0.4) is 0 Å². The van der Waals surface area contributed by atoms with Gasteiger partial charge < -0.3 is 9.84 Å². The minimum atomic E-state index is -0.298. The molecule has 0 amide bonds. The summed E-state index contributed by atoms with van der Waals surface area (Å²) in [5.41, 5.74) is 3.54. The van der Waals surface area contributed by atoms with Crippen molar-refractivity contribution in [1.82, 2.24) is 4.98 Å². The monoisotopic (exact) mass is 350 g/mol. The number of aromatic nitrogens is 1. The first kappa shape index (κ1) is 15.4. The van der Waals surface area contributed by atoms with E-state index in [0.29, 0.717) is 17.2 Å². The molecule has 4 rings (SSSR count). The zero-order chi connectivity index (χ0) is 17.2. The van der Waals surface area contributed by atoms with Crippen LogP contribution in [0.2, 0.25) is 0 Å². The number of aliphatic imine (C=N–C) groups is 1. The third-order valence-electron chi connectivity index (χ3n) is 3.82. The van der Waals surface area contributed by atoms with E-state index in [9.17, 15) is 9.90 Å². The number of H-pyrrole nitrogens is 1. The van der Waals surface area contributed by atoms with Crippen molar-refractivity contribution in [2.24, 2.45) is 4.99 Å². The minimum Gasteiger partial charge on any atom is -0.493 e. The molecular formula is C19H14N2O3S. The summed E-state index contributed by atoms with van der Waals surface area (Å²) in [6, 6.07) is 15.6. The quantitative estimate of drug-likeness (QED) is 0.747. The Labute approximate surface area is 147 Å². The molecule has 0 saturated heterocycles. The fourth-order valence-corrected chi connectivity index (χ4v) is 3.34. The number of nitrogens with zero attached hydrogens (tertiary/aromatic N) is 1. The second-order valence-corrected chi connectivity index (χ2v) is 6.52. The first-order valence-electron chi connectivity index (χ1n) is 7.68. The third kappa shape index (κ3) is 3.12. The second-order valence-electron chi connectivity index (χ2n) is 5.51. The van der Waals surface area contributed by atoms with Gasteiger partial charge in [0.1, 0.15) is 12.4 Å². The highest BCUT2D eigenvalue weighted by Gasteiger charge is 2.19. The lowest BCUT2D eigenvalue weighted by Gasteiger charge is -2.11. The van der Waals surface area contributed by atoms with Gasteiger partial charge in [-0.1, -0.05) is 47.7 Å². The molecule has 124 valence electrons. The number of ether oxygens (including phenoxy) is 1. The Morgan fingerprint density at radius 3 is 2.76 bits per heavy atom. The average molecular weight is 350 g/mol. The molecule has 0 fully saturated rings. The molecule has 0 aliphatic carbocycles. The van der Waals surface area contributed by atoms with Gasteiger partial charge in [0.2, 0.25) is 5.88 Å². The number of rotatable bonds is 4. The van der Waals surface area contributed by atoms with E-state index >= 15 is 0 Å². The smallest absolute Gasteiger partial charge is 0.307 e. The van der Waals surface area contributed by atoms with E-state index in [0.717, 1.165) is 33.7 Å². The van der Waals surface area contributed by atoms with Gasteiger partial charge in [-0.15, -0.1) is 0 Å². The molecule has 0 atom stereocenters. The summed E-state index contributed by atoms with van der Waals surface area (Å²) in [5, 5.41) is 9.80. The van der Waals surface area contributed by atoms with Crippen molar-refractivity contribution in [3.8, 4) is 11.6 Å². The Hall–Kier alpha value is -3.12. The van der Waals surface area contributed by atoms with E-state index in [-0.39, 0.29) is 10.8 Å². The predicted molar refractivity (Wildman–Crippen MR) is 99.8 cm³/mol. The highest BCUT2D eigenvalue weighted by atomic mass is 32.1. The van der Waals surface area contributed by atoms with E-state index in [1.807, 2.05) is 48.5 Å². The molecule has 1 aromatic heterocycles. The fourth-order valence-electron chi connectivity index (χ4n) is 2.66. The van der Waals surface area contributed by atoms with Crippen LogP contribution in [0.5, 0.6) is 11.6 Å². The van der Waals surface area contributed by atoms with Crippen molar-refractivity contribution in [2.45, 2.75) is 6.61 Å². The van der Waals surface area contributed by atoms with Crippen molar-refractivity contribution >= 4 is 34.9 Å².